The Kier molecular flexibility index (Phi) is 3.51. The van der Waals surface area contributed by atoms with Crippen molar-refractivity contribution in [2.75, 3.05) is 0 Å². The highest BCUT2D eigenvalue weighted by atomic mass is 14.0. The fourth-order valence-corrected chi connectivity index (χ4v) is 1.25. The Labute approximate surface area is 80.6 Å². The monoisotopic (exact) mass is 172 g/mol. The SMILES string of the molecule is C=C/C(=C\c1ccccc1C)CC. The van der Waals surface area contributed by atoms with Crippen molar-refractivity contribution in [2.45, 2.75) is 20.3 Å². The first-order valence-corrected chi connectivity index (χ1v) is 4.66. The molecule has 0 radical (unpaired) electrons. The Bertz CT molecular complexity index is 319. The first kappa shape index (κ1) is 9.79. The van der Waals surface area contributed by atoms with Crippen LogP contribution in [0.5, 0.6) is 0 Å². The predicted molar refractivity (Wildman–Crippen MR) is 59.6 cm³/mol. The Morgan fingerprint density at radius 2 is 2.08 bits per heavy atom. The zero-order valence-electron chi connectivity index (χ0n) is 8.38. The van der Waals surface area contributed by atoms with Gasteiger partial charge in [0.2, 0.25) is 0 Å². The molecule has 0 atom stereocenters. The maximum absolute atomic E-state index is 3.79. The summed E-state index contributed by atoms with van der Waals surface area (Å²) in [6.07, 6.45) is 5.16. The average Bonchev–Trinajstić information content (AvgIpc) is 2.17. The smallest absolute Gasteiger partial charge is 0.0225 e. The molecule has 0 heteroatoms. The van der Waals surface area contributed by atoms with Gasteiger partial charge in [0.15, 0.2) is 0 Å². The minimum absolute atomic E-state index is 1.04. The van der Waals surface area contributed by atoms with Crippen LogP contribution in [0.15, 0.2) is 42.5 Å². The van der Waals surface area contributed by atoms with Gasteiger partial charge in [-0.2, -0.15) is 0 Å². The lowest BCUT2D eigenvalue weighted by atomic mass is 10.0. The Hall–Kier alpha value is -1.30. The minimum atomic E-state index is 1.04. The van der Waals surface area contributed by atoms with E-state index in [-0.39, 0.29) is 0 Å². The molecule has 0 saturated heterocycles. The molecule has 0 aliphatic rings. The van der Waals surface area contributed by atoms with Gasteiger partial charge in [-0.15, -0.1) is 0 Å². The van der Waals surface area contributed by atoms with Crippen molar-refractivity contribution in [1.29, 1.82) is 0 Å². The van der Waals surface area contributed by atoms with Gasteiger partial charge in [-0.3, -0.25) is 0 Å². The normalized spacial score (nSPS) is 11.4. The quantitative estimate of drug-likeness (QED) is 0.605. The maximum Gasteiger partial charge on any atom is -0.0225 e. The van der Waals surface area contributed by atoms with Gasteiger partial charge in [0.1, 0.15) is 0 Å². The summed E-state index contributed by atoms with van der Waals surface area (Å²) in [5, 5.41) is 0. The predicted octanol–water partition coefficient (Wildman–Crippen LogP) is 3.97. The van der Waals surface area contributed by atoms with E-state index in [1.807, 2.05) is 6.08 Å². The van der Waals surface area contributed by atoms with E-state index >= 15 is 0 Å². The Morgan fingerprint density at radius 1 is 1.38 bits per heavy atom. The largest absolute Gasteiger partial charge is 0.0988 e. The molecule has 0 aromatic heterocycles. The first-order chi connectivity index (χ1) is 6.27. The van der Waals surface area contributed by atoms with E-state index in [0.717, 1.165) is 6.42 Å². The molecule has 0 nitrogen and oxygen atoms in total. The van der Waals surface area contributed by atoms with Crippen molar-refractivity contribution < 1.29 is 0 Å². The molecule has 68 valence electrons. The van der Waals surface area contributed by atoms with Crippen LogP contribution >= 0.6 is 0 Å². The van der Waals surface area contributed by atoms with Crippen molar-refractivity contribution in [2.24, 2.45) is 0 Å². The molecule has 1 rings (SSSR count). The van der Waals surface area contributed by atoms with E-state index < -0.39 is 0 Å². The molecule has 0 heterocycles. The van der Waals surface area contributed by atoms with Gasteiger partial charge >= 0.3 is 0 Å². The molecule has 0 aliphatic heterocycles. The Morgan fingerprint density at radius 3 is 2.62 bits per heavy atom. The molecule has 1 aromatic carbocycles. The molecular weight excluding hydrogens is 156 g/mol. The van der Waals surface area contributed by atoms with Gasteiger partial charge in [0.05, 0.1) is 0 Å². The lowest BCUT2D eigenvalue weighted by Crippen LogP contribution is -1.81. The lowest BCUT2D eigenvalue weighted by molar-refractivity contribution is 1.16. The second-order valence-electron chi connectivity index (χ2n) is 3.13. The van der Waals surface area contributed by atoms with Crippen LogP contribution in [-0.4, -0.2) is 0 Å². The van der Waals surface area contributed by atoms with E-state index in [1.54, 1.807) is 0 Å². The van der Waals surface area contributed by atoms with Crippen LogP contribution in [-0.2, 0) is 0 Å². The van der Waals surface area contributed by atoms with Crippen LogP contribution in [0.3, 0.4) is 0 Å². The minimum Gasteiger partial charge on any atom is -0.0988 e. The summed E-state index contributed by atoms with van der Waals surface area (Å²) in [6.45, 7) is 8.06. The molecule has 0 amide bonds. The summed E-state index contributed by atoms with van der Waals surface area (Å²) in [7, 11) is 0. The van der Waals surface area contributed by atoms with Gasteiger partial charge in [-0.25, -0.2) is 0 Å². The van der Waals surface area contributed by atoms with Gasteiger partial charge in [-0.05, 0) is 30.0 Å². The highest BCUT2D eigenvalue weighted by Crippen LogP contribution is 2.13. The van der Waals surface area contributed by atoms with Gasteiger partial charge in [-0.1, -0.05) is 49.9 Å². The van der Waals surface area contributed by atoms with E-state index in [1.165, 1.54) is 16.7 Å². The zero-order chi connectivity index (χ0) is 9.68. The molecule has 0 fully saturated rings. The fourth-order valence-electron chi connectivity index (χ4n) is 1.25. The van der Waals surface area contributed by atoms with Crippen LogP contribution in [0.4, 0.5) is 0 Å². The number of hydrogen-bond acceptors (Lipinski definition) is 0. The number of aryl methyl sites for hydroxylation is 1. The highest BCUT2D eigenvalue weighted by Gasteiger charge is 1.93. The van der Waals surface area contributed by atoms with Crippen LogP contribution < -0.4 is 0 Å². The van der Waals surface area contributed by atoms with Crippen LogP contribution in [0.1, 0.15) is 24.5 Å². The van der Waals surface area contributed by atoms with Crippen LogP contribution in [0.2, 0.25) is 0 Å². The second kappa shape index (κ2) is 4.66. The maximum atomic E-state index is 3.79. The topological polar surface area (TPSA) is 0 Å². The fraction of sp³-hybridized carbons (Fsp3) is 0.231. The van der Waals surface area contributed by atoms with E-state index in [0.29, 0.717) is 0 Å². The van der Waals surface area contributed by atoms with Crippen molar-refractivity contribution in [3.8, 4) is 0 Å². The molecule has 0 N–H and O–H groups in total. The molecule has 0 aliphatic carbocycles. The molecule has 0 saturated carbocycles. The molecule has 0 spiro atoms. The number of rotatable bonds is 3. The summed E-state index contributed by atoms with van der Waals surface area (Å²) in [5.74, 6) is 0. The number of hydrogen-bond donors (Lipinski definition) is 0. The first-order valence-electron chi connectivity index (χ1n) is 4.66. The van der Waals surface area contributed by atoms with Crippen LogP contribution in [0, 0.1) is 6.92 Å². The number of benzene rings is 1. The van der Waals surface area contributed by atoms with Crippen molar-refractivity contribution in [1.82, 2.24) is 0 Å². The summed E-state index contributed by atoms with van der Waals surface area (Å²) in [5.41, 5.74) is 3.89. The van der Waals surface area contributed by atoms with E-state index in [4.69, 9.17) is 0 Å². The molecule has 0 unspecified atom stereocenters. The van der Waals surface area contributed by atoms with Gasteiger partial charge < -0.3 is 0 Å². The third-order valence-electron chi connectivity index (χ3n) is 2.20. The molecule has 1 aromatic rings. The summed E-state index contributed by atoms with van der Waals surface area (Å²) >= 11 is 0. The second-order valence-corrected chi connectivity index (χ2v) is 3.13. The van der Waals surface area contributed by atoms with E-state index in [2.05, 4.69) is 50.8 Å². The molecule has 13 heavy (non-hydrogen) atoms. The van der Waals surface area contributed by atoms with Gasteiger partial charge in [0, 0.05) is 0 Å². The summed E-state index contributed by atoms with van der Waals surface area (Å²) < 4.78 is 0. The van der Waals surface area contributed by atoms with Crippen molar-refractivity contribution in [3.05, 3.63) is 53.6 Å². The molecular formula is C13H16. The van der Waals surface area contributed by atoms with Crippen molar-refractivity contribution in [3.63, 3.8) is 0 Å². The molecule has 0 bridgehead atoms. The highest BCUT2D eigenvalue weighted by molar-refractivity contribution is 5.58. The van der Waals surface area contributed by atoms with Crippen molar-refractivity contribution >= 4 is 6.08 Å². The number of allylic oxidation sites excluding steroid dienone is 2. The lowest BCUT2D eigenvalue weighted by Gasteiger charge is -2.01. The third-order valence-corrected chi connectivity index (χ3v) is 2.20. The summed E-state index contributed by atoms with van der Waals surface area (Å²) in [6, 6.07) is 8.39. The van der Waals surface area contributed by atoms with Gasteiger partial charge in [0.25, 0.3) is 0 Å². The Balaban J connectivity index is 3.02. The standard InChI is InChI=1S/C13H16/c1-4-12(5-2)10-13-9-7-6-8-11(13)3/h4,6-10H,1,5H2,2-3H3/b12-10+. The zero-order valence-corrected chi connectivity index (χ0v) is 8.38. The van der Waals surface area contributed by atoms with Crippen LogP contribution in [0.25, 0.3) is 6.08 Å². The summed E-state index contributed by atoms with van der Waals surface area (Å²) in [4.78, 5) is 0. The van der Waals surface area contributed by atoms with E-state index in [9.17, 15) is 0 Å². The average molecular weight is 172 g/mol. The third kappa shape index (κ3) is 2.59.